The van der Waals surface area contributed by atoms with Crippen LogP contribution in [0.1, 0.15) is 23.7 Å². The lowest BCUT2D eigenvalue weighted by Gasteiger charge is -2.30. The molecule has 7 nitrogen and oxygen atoms in total. The van der Waals surface area contributed by atoms with E-state index in [-0.39, 0.29) is 12.0 Å². The van der Waals surface area contributed by atoms with Crippen LogP contribution >= 0.6 is 0 Å². The fourth-order valence-corrected chi connectivity index (χ4v) is 3.91. The van der Waals surface area contributed by atoms with Crippen LogP contribution < -0.4 is 9.62 Å². The zero-order valence-corrected chi connectivity index (χ0v) is 16.2. The summed E-state index contributed by atoms with van der Waals surface area (Å²) < 4.78 is 30.5. The summed E-state index contributed by atoms with van der Waals surface area (Å²) in [6, 6.07) is 13.8. The van der Waals surface area contributed by atoms with Crippen LogP contribution in [0.15, 0.2) is 54.6 Å². The normalized spacial score (nSPS) is 12.1. The number of nitrogens with zero attached hydrogens (tertiary/aromatic N) is 1. The Labute approximate surface area is 159 Å². The summed E-state index contributed by atoms with van der Waals surface area (Å²) >= 11 is 0. The maximum absolute atomic E-state index is 12.8. The largest absolute Gasteiger partial charge is 0.465 e. The molecule has 0 saturated carbocycles. The highest BCUT2D eigenvalue weighted by atomic mass is 32.2. The summed E-state index contributed by atoms with van der Waals surface area (Å²) in [6.07, 6.45) is 1.33. The molecule has 1 atom stereocenters. The third-order valence-corrected chi connectivity index (χ3v) is 5.07. The molecule has 0 saturated heterocycles. The van der Waals surface area contributed by atoms with E-state index in [0.717, 1.165) is 10.6 Å². The van der Waals surface area contributed by atoms with E-state index in [9.17, 15) is 18.0 Å². The Hall–Kier alpha value is -2.87. The first-order valence-electron chi connectivity index (χ1n) is 8.31. The highest BCUT2D eigenvalue weighted by molar-refractivity contribution is 7.92. The van der Waals surface area contributed by atoms with Crippen molar-refractivity contribution in [1.29, 1.82) is 0 Å². The molecule has 0 fully saturated rings. The second-order valence-electron chi connectivity index (χ2n) is 5.88. The van der Waals surface area contributed by atoms with Crippen LogP contribution in [0.25, 0.3) is 0 Å². The van der Waals surface area contributed by atoms with Crippen LogP contribution in [0.5, 0.6) is 0 Å². The van der Waals surface area contributed by atoms with Crippen LogP contribution in [0.3, 0.4) is 0 Å². The fourth-order valence-electron chi connectivity index (χ4n) is 2.70. The quantitative estimate of drug-likeness (QED) is 0.734. The van der Waals surface area contributed by atoms with Gasteiger partial charge in [-0.1, -0.05) is 31.2 Å². The molecular weight excluding hydrogens is 368 g/mol. The van der Waals surface area contributed by atoms with Gasteiger partial charge in [0, 0.05) is 5.69 Å². The minimum Gasteiger partial charge on any atom is -0.465 e. The van der Waals surface area contributed by atoms with Crippen molar-refractivity contribution in [3.8, 4) is 0 Å². The molecule has 1 amide bonds. The molecular formula is C19H22N2O5S. The molecule has 1 N–H and O–H groups in total. The van der Waals surface area contributed by atoms with E-state index in [1.165, 1.54) is 13.2 Å². The summed E-state index contributed by atoms with van der Waals surface area (Å²) in [5, 5.41) is 2.68. The van der Waals surface area contributed by atoms with Gasteiger partial charge in [-0.25, -0.2) is 13.2 Å². The van der Waals surface area contributed by atoms with Crippen LogP contribution in [0, 0.1) is 0 Å². The van der Waals surface area contributed by atoms with Gasteiger partial charge < -0.3 is 10.1 Å². The van der Waals surface area contributed by atoms with Gasteiger partial charge in [0.05, 0.1) is 24.6 Å². The molecule has 8 heteroatoms. The van der Waals surface area contributed by atoms with Crippen LogP contribution in [0.4, 0.5) is 11.4 Å². The number of sulfonamides is 1. The van der Waals surface area contributed by atoms with Crippen LogP contribution in [-0.4, -0.2) is 39.7 Å². The van der Waals surface area contributed by atoms with Gasteiger partial charge in [-0.05, 0) is 36.8 Å². The summed E-state index contributed by atoms with van der Waals surface area (Å²) in [6.45, 7) is 1.73. The van der Waals surface area contributed by atoms with Gasteiger partial charge in [0.2, 0.25) is 15.9 Å². The molecule has 0 aliphatic carbocycles. The van der Waals surface area contributed by atoms with E-state index in [4.69, 9.17) is 0 Å². The van der Waals surface area contributed by atoms with Crippen molar-refractivity contribution in [1.82, 2.24) is 0 Å². The molecule has 0 aliphatic rings. The number of methoxy groups -OCH3 is 1. The molecule has 0 spiro atoms. The Morgan fingerprint density at radius 1 is 1.11 bits per heavy atom. The molecule has 2 rings (SSSR count). The van der Waals surface area contributed by atoms with Crippen molar-refractivity contribution in [2.24, 2.45) is 0 Å². The van der Waals surface area contributed by atoms with E-state index in [2.05, 4.69) is 10.1 Å². The number of para-hydroxylation sites is 1. The molecule has 0 unspecified atom stereocenters. The molecule has 0 aromatic heterocycles. The summed E-state index contributed by atoms with van der Waals surface area (Å²) in [7, 11) is -2.43. The van der Waals surface area contributed by atoms with Crippen LogP contribution in [0.2, 0.25) is 0 Å². The number of benzene rings is 2. The topological polar surface area (TPSA) is 92.8 Å². The van der Waals surface area contributed by atoms with Gasteiger partial charge in [-0.15, -0.1) is 0 Å². The van der Waals surface area contributed by atoms with Gasteiger partial charge >= 0.3 is 5.97 Å². The Morgan fingerprint density at radius 2 is 1.78 bits per heavy atom. The Morgan fingerprint density at radius 3 is 2.33 bits per heavy atom. The first-order valence-corrected chi connectivity index (χ1v) is 10.2. The Balaban J connectivity index is 2.33. The lowest BCUT2D eigenvalue weighted by molar-refractivity contribution is -0.117. The lowest BCUT2D eigenvalue weighted by atomic mass is 10.1. The maximum Gasteiger partial charge on any atom is 0.337 e. The number of nitrogens with one attached hydrogen (secondary N) is 1. The number of hydrogen-bond donors (Lipinski definition) is 1. The highest BCUT2D eigenvalue weighted by Crippen LogP contribution is 2.23. The van der Waals surface area contributed by atoms with E-state index >= 15 is 0 Å². The van der Waals surface area contributed by atoms with Crippen molar-refractivity contribution in [2.75, 3.05) is 23.0 Å². The zero-order chi connectivity index (χ0) is 20.0. The molecule has 2 aromatic carbocycles. The minimum atomic E-state index is -3.69. The summed E-state index contributed by atoms with van der Waals surface area (Å²) in [5.74, 6) is -1.02. The van der Waals surface area contributed by atoms with Crippen molar-refractivity contribution >= 4 is 33.3 Å². The number of ether oxygens (including phenoxy) is 1. The predicted molar refractivity (Wildman–Crippen MR) is 104 cm³/mol. The smallest absolute Gasteiger partial charge is 0.337 e. The number of rotatable bonds is 7. The predicted octanol–water partition coefficient (Wildman–Crippen LogP) is 2.66. The SMILES string of the molecule is CC[C@H](C(=O)Nc1cccc(C(=O)OC)c1)N(c1ccccc1)S(C)(=O)=O. The Bertz CT molecular complexity index is 913. The minimum absolute atomic E-state index is 0.268. The number of anilines is 2. The third-order valence-electron chi connectivity index (χ3n) is 3.89. The molecule has 2 aromatic rings. The first kappa shape index (κ1) is 20.4. The number of hydrogen-bond acceptors (Lipinski definition) is 5. The number of carbonyl (C=O) groups is 2. The van der Waals surface area contributed by atoms with E-state index in [0.29, 0.717) is 11.4 Å². The average molecular weight is 390 g/mol. The van der Waals surface area contributed by atoms with Crippen molar-refractivity contribution in [3.63, 3.8) is 0 Å². The molecule has 144 valence electrons. The monoisotopic (exact) mass is 390 g/mol. The molecule has 0 heterocycles. The molecule has 0 radical (unpaired) electrons. The summed E-state index contributed by atoms with van der Waals surface area (Å²) in [4.78, 5) is 24.5. The van der Waals surface area contributed by atoms with Crippen molar-refractivity contribution < 1.29 is 22.7 Å². The van der Waals surface area contributed by atoms with E-state index < -0.39 is 27.9 Å². The van der Waals surface area contributed by atoms with Gasteiger partial charge in [-0.2, -0.15) is 0 Å². The maximum atomic E-state index is 12.8. The third kappa shape index (κ3) is 5.07. The number of esters is 1. The average Bonchev–Trinajstić information content (AvgIpc) is 2.65. The van der Waals surface area contributed by atoms with Gasteiger partial charge in [-0.3, -0.25) is 9.10 Å². The highest BCUT2D eigenvalue weighted by Gasteiger charge is 2.31. The van der Waals surface area contributed by atoms with Crippen molar-refractivity contribution in [3.05, 3.63) is 60.2 Å². The number of carbonyl (C=O) groups excluding carboxylic acids is 2. The van der Waals surface area contributed by atoms with Gasteiger partial charge in [0.1, 0.15) is 6.04 Å². The summed E-state index contributed by atoms with van der Waals surface area (Å²) in [5.41, 5.74) is 1.07. The molecule has 0 aliphatic heterocycles. The first-order chi connectivity index (χ1) is 12.8. The second kappa shape index (κ2) is 8.68. The zero-order valence-electron chi connectivity index (χ0n) is 15.4. The molecule has 27 heavy (non-hydrogen) atoms. The van der Waals surface area contributed by atoms with Gasteiger partial charge in [0.25, 0.3) is 0 Å². The second-order valence-corrected chi connectivity index (χ2v) is 7.74. The number of amides is 1. The Kier molecular flexibility index (Phi) is 6.57. The fraction of sp³-hybridized carbons (Fsp3) is 0.263. The molecule has 0 bridgehead atoms. The lowest BCUT2D eigenvalue weighted by Crippen LogP contribution is -2.47. The van der Waals surface area contributed by atoms with Crippen molar-refractivity contribution in [2.45, 2.75) is 19.4 Å². The van der Waals surface area contributed by atoms with Crippen LogP contribution in [-0.2, 0) is 19.6 Å². The van der Waals surface area contributed by atoms with E-state index in [1.54, 1.807) is 55.5 Å². The van der Waals surface area contributed by atoms with Gasteiger partial charge in [0.15, 0.2) is 0 Å². The standard InChI is InChI=1S/C19H22N2O5S/c1-4-17(21(27(3,24)25)16-11-6-5-7-12-16)18(22)20-15-10-8-9-14(13-15)19(23)26-2/h5-13,17H,4H2,1-3H3,(H,20,22)/t17-/m1/s1. The van der Waals surface area contributed by atoms with E-state index in [1.807, 2.05) is 0 Å².